The third-order valence-corrected chi connectivity index (χ3v) is 3.43. The van der Waals surface area contributed by atoms with Crippen LogP contribution in [0.3, 0.4) is 0 Å². The van der Waals surface area contributed by atoms with Crippen LogP contribution in [0.15, 0.2) is 18.2 Å². The van der Waals surface area contributed by atoms with E-state index in [0.717, 1.165) is 12.8 Å². The highest BCUT2D eigenvalue weighted by atomic mass is 19.1. The molecule has 0 radical (unpaired) electrons. The summed E-state index contributed by atoms with van der Waals surface area (Å²) in [4.78, 5) is 0. The van der Waals surface area contributed by atoms with Crippen LogP contribution in [0.25, 0.3) is 0 Å². The third-order valence-electron chi connectivity index (χ3n) is 3.43. The Hall–Kier alpha value is -1.12. The fourth-order valence-electron chi connectivity index (χ4n) is 2.16. The first-order valence-corrected chi connectivity index (χ1v) is 5.78. The molecule has 0 heterocycles. The molecule has 1 aromatic rings. The Labute approximate surface area is 94.9 Å². The lowest BCUT2D eigenvalue weighted by Gasteiger charge is -2.39. The molecular weight excluding hydrogens is 208 g/mol. The van der Waals surface area contributed by atoms with E-state index >= 15 is 0 Å². The first-order valence-electron chi connectivity index (χ1n) is 5.78. The molecule has 1 aliphatic carbocycles. The number of hydrogen-bond acceptors (Lipinski definition) is 1. The van der Waals surface area contributed by atoms with Crippen LogP contribution in [0, 0.1) is 23.5 Å². The van der Waals surface area contributed by atoms with Crippen molar-refractivity contribution >= 4 is 5.69 Å². The van der Waals surface area contributed by atoms with Crippen LogP contribution < -0.4 is 5.32 Å². The third kappa shape index (κ3) is 2.18. The molecule has 0 amide bonds. The molecule has 0 spiro atoms. The van der Waals surface area contributed by atoms with Gasteiger partial charge in [-0.05, 0) is 36.8 Å². The molecule has 0 saturated heterocycles. The lowest BCUT2D eigenvalue weighted by atomic mass is 9.73. The van der Waals surface area contributed by atoms with Crippen LogP contribution in [0.4, 0.5) is 14.5 Å². The van der Waals surface area contributed by atoms with Gasteiger partial charge in [-0.25, -0.2) is 8.78 Å². The second-order valence-corrected chi connectivity index (χ2v) is 4.91. The maximum atomic E-state index is 13.3. The van der Waals surface area contributed by atoms with Gasteiger partial charge in [-0.15, -0.1) is 0 Å². The zero-order chi connectivity index (χ0) is 11.7. The average Bonchev–Trinajstić information content (AvgIpc) is 2.13. The summed E-state index contributed by atoms with van der Waals surface area (Å²) in [5.74, 6) is 0.330. The van der Waals surface area contributed by atoms with E-state index in [1.807, 2.05) is 0 Å². The van der Waals surface area contributed by atoms with Crippen molar-refractivity contribution < 1.29 is 8.78 Å². The molecule has 88 valence electrons. The Morgan fingerprint density at radius 1 is 1.19 bits per heavy atom. The highest BCUT2D eigenvalue weighted by Crippen LogP contribution is 2.36. The number of anilines is 1. The fourth-order valence-corrected chi connectivity index (χ4v) is 2.16. The summed E-state index contributed by atoms with van der Waals surface area (Å²) in [6.45, 7) is 4.37. The van der Waals surface area contributed by atoms with Gasteiger partial charge in [0.1, 0.15) is 17.3 Å². The van der Waals surface area contributed by atoms with Gasteiger partial charge in [0.05, 0.1) is 0 Å². The smallest absolute Gasteiger partial charge is 0.149 e. The average molecular weight is 225 g/mol. The molecule has 2 rings (SSSR count). The zero-order valence-electron chi connectivity index (χ0n) is 9.63. The summed E-state index contributed by atoms with van der Waals surface area (Å²) >= 11 is 0. The maximum Gasteiger partial charge on any atom is 0.149 e. The molecule has 0 bridgehead atoms. The van der Waals surface area contributed by atoms with Crippen LogP contribution in [0.2, 0.25) is 0 Å². The van der Waals surface area contributed by atoms with Crippen molar-refractivity contribution in [2.24, 2.45) is 11.8 Å². The summed E-state index contributed by atoms with van der Waals surface area (Å²) in [6.07, 6.45) is 2.01. The van der Waals surface area contributed by atoms with Crippen molar-refractivity contribution in [1.29, 1.82) is 0 Å². The van der Waals surface area contributed by atoms with E-state index in [9.17, 15) is 8.78 Å². The molecule has 0 atom stereocenters. The molecule has 1 nitrogen and oxygen atoms in total. The van der Waals surface area contributed by atoms with Crippen LogP contribution in [0.1, 0.15) is 26.7 Å². The molecule has 1 saturated carbocycles. The number of para-hydroxylation sites is 1. The molecule has 16 heavy (non-hydrogen) atoms. The molecule has 1 N–H and O–H groups in total. The summed E-state index contributed by atoms with van der Waals surface area (Å²) in [6, 6.07) is 4.17. The molecule has 0 aromatic heterocycles. The van der Waals surface area contributed by atoms with E-state index in [1.54, 1.807) is 0 Å². The fraction of sp³-hybridized carbons (Fsp3) is 0.538. The minimum Gasteiger partial charge on any atom is -0.378 e. The minimum atomic E-state index is -0.506. The second-order valence-electron chi connectivity index (χ2n) is 4.91. The Morgan fingerprint density at radius 2 is 1.75 bits per heavy atom. The number of nitrogens with one attached hydrogen (secondary N) is 1. The predicted octanol–water partition coefficient (Wildman–Crippen LogP) is 3.81. The Bertz CT molecular complexity index is 350. The Balaban J connectivity index is 1.96. The molecule has 3 heteroatoms. The SMILES string of the molecule is CC(C)C1CC(Nc2c(F)cccc2F)C1. The number of halogens is 2. The van der Waals surface area contributed by atoms with Crippen molar-refractivity contribution in [3.05, 3.63) is 29.8 Å². The summed E-state index contributed by atoms with van der Waals surface area (Å²) in [5, 5.41) is 2.95. The summed E-state index contributed by atoms with van der Waals surface area (Å²) in [7, 11) is 0. The monoisotopic (exact) mass is 225 g/mol. The van der Waals surface area contributed by atoms with Gasteiger partial charge in [0.2, 0.25) is 0 Å². The van der Waals surface area contributed by atoms with Gasteiger partial charge in [-0.2, -0.15) is 0 Å². The first-order chi connectivity index (χ1) is 7.58. The lowest BCUT2D eigenvalue weighted by Crippen LogP contribution is -2.38. The van der Waals surface area contributed by atoms with E-state index < -0.39 is 11.6 Å². The van der Waals surface area contributed by atoms with Gasteiger partial charge < -0.3 is 5.32 Å². The van der Waals surface area contributed by atoms with Gasteiger partial charge in [0.15, 0.2) is 0 Å². The maximum absolute atomic E-state index is 13.3. The van der Waals surface area contributed by atoms with Gasteiger partial charge in [-0.1, -0.05) is 19.9 Å². The van der Waals surface area contributed by atoms with Crippen LogP contribution in [0.5, 0.6) is 0 Å². The van der Waals surface area contributed by atoms with Gasteiger partial charge >= 0.3 is 0 Å². The van der Waals surface area contributed by atoms with E-state index in [-0.39, 0.29) is 11.7 Å². The molecule has 1 aromatic carbocycles. The lowest BCUT2D eigenvalue weighted by molar-refractivity contribution is 0.211. The molecular formula is C13H17F2N. The largest absolute Gasteiger partial charge is 0.378 e. The van der Waals surface area contributed by atoms with Gasteiger partial charge in [-0.3, -0.25) is 0 Å². The van der Waals surface area contributed by atoms with E-state index in [4.69, 9.17) is 0 Å². The summed E-state index contributed by atoms with van der Waals surface area (Å²) in [5.41, 5.74) is 0.0229. The predicted molar refractivity (Wildman–Crippen MR) is 61.3 cm³/mol. The molecule has 0 unspecified atom stereocenters. The van der Waals surface area contributed by atoms with Crippen LogP contribution >= 0.6 is 0 Å². The van der Waals surface area contributed by atoms with E-state index in [1.165, 1.54) is 18.2 Å². The van der Waals surface area contributed by atoms with Gasteiger partial charge in [0.25, 0.3) is 0 Å². The topological polar surface area (TPSA) is 12.0 Å². The van der Waals surface area contributed by atoms with Crippen molar-refractivity contribution in [2.45, 2.75) is 32.7 Å². The normalized spacial score (nSPS) is 24.3. The zero-order valence-corrected chi connectivity index (χ0v) is 9.63. The minimum absolute atomic E-state index is 0.0229. The van der Waals surface area contributed by atoms with Crippen LogP contribution in [-0.2, 0) is 0 Å². The van der Waals surface area contributed by atoms with Crippen molar-refractivity contribution in [3.63, 3.8) is 0 Å². The first kappa shape index (κ1) is 11.4. The quantitative estimate of drug-likeness (QED) is 0.824. The number of rotatable bonds is 3. The van der Waals surface area contributed by atoms with Crippen molar-refractivity contribution in [3.8, 4) is 0 Å². The van der Waals surface area contributed by atoms with Crippen molar-refractivity contribution in [2.75, 3.05) is 5.32 Å². The van der Waals surface area contributed by atoms with E-state index in [0.29, 0.717) is 11.8 Å². The Kier molecular flexibility index (Phi) is 3.13. The van der Waals surface area contributed by atoms with E-state index in [2.05, 4.69) is 19.2 Å². The molecule has 1 fully saturated rings. The van der Waals surface area contributed by atoms with Crippen LogP contribution in [-0.4, -0.2) is 6.04 Å². The highest BCUT2D eigenvalue weighted by Gasteiger charge is 2.31. The second kappa shape index (κ2) is 4.40. The number of hydrogen-bond donors (Lipinski definition) is 1. The Morgan fingerprint density at radius 3 is 2.25 bits per heavy atom. The van der Waals surface area contributed by atoms with Crippen molar-refractivity contribution in [1.82, 2.24) is 0 Å². The molecule has 1 aliphatic rings. The highest BCUT2D eigenvalue weighted by molar-refractivity contribution is 5.47. The molecule has 0 aliphatic heterocycles. The number of benzene rings is 1. The van der Waals surface area contributed by atoms with Gasteiger partial charge in [0, 0.05) is 6.04 Å². The summed E-state index contributed by atoms with van der Waals surface area (Å²) < 4.78 is 26.6. The standard InChI is InChI=1S/C13H17F2N/c1-8(2)9-6-10(7-9)16-13-11(14)4-3-5-12(13)15/h3-5,8-10,16H,6-7H2,1-2H3.